The van der Waals surface area contributed by atoms with Gasteiger partial charge in [-0.05, 0) is 27.3 Å². The first-order valence-corrected chi connectivity index (χ1v) is 6.26. The summed E-state index contributed by atoms with van der Waals surface area (Å²) in [7, 11) is 1.85. The van der Waals surface area contributed by atoms with E-state index in [0.29, 0.717) is 5.78 Å². The van der Waals surface area contributed by atoms with E-state index in [1.807, 2.05) is 20.9 Å². The Hall–Kier alpha value is -0.370. The van der Waals surface area contributed by atoms with Gasteiger partial charge in [-0.3, -0.25) is 4.79 Å². The minimum absolute atomic E-state index is 0.334. The van der Waals surface area contributed by atoms with Crippen LogP contribution in [0.5, 0.6) is 0 Å². The molecular formula is C13H27NO. The van der Waals surface area contributed by atoms with Crippen LogP contribution in [0, 0.1) is 0 Å². The van der Waals surface area contributed by atoms with E-state index in [1.165, 1.54) is 32.1 Å². The minimum atomic E-state index is -0.344. The van der Waals surface area contributed by atoms with Gasteiger partial charge >= 0.3 is 0 Å². The van der Waals surface area contributed by atoms with Crippen LogP contribution in [0.2, 0.25) is 0 Å². The lowest BCUT2D eigenvalue weighted by Gasteiger charge is -2.22. The second-order valence-electron chi connectivity index (χ2n) is 4.82. The number of unbranched alkanes of at least 4 members (excludes halogenated alkanes) is 5. The van der Waals surface area contributed by atoms with Gasteiger partial charge in [0.2, 0.25) is 0 Å². The van der Waals surface area contributed by atoms with Gasteiger partial charge in [0, 0.05) is 6.42 Å². The molecule has 0 aliphatic heterocycles. The Morgan fingerprint density at radius 2 is 1.60 bits per heavy atom. The van der Waals surface area contributed by atoms with Crippen LogP contribution < -0.4 is 5.32 Å². The molecule has 15 heavy (non-hydrogen) atoms. The van der Waals surface area contributed by atoms with E-state index in [1.54, 1.807) is 0 Å². The van der Waals surface area contributed by atoms with Gasteiger partial charge in [-0.25, -0.2) is 0 Å². The van der Waals surface area contributed by atoms with Gasteiger partial charge in [-0.1, -0.05) is 39.0 Å². The quantitative estimate of drug-likeness (QED) is 0.595. The maximum atomic E-state index is 11.7. The van der Waals surface area contributed by atoms with Crippen LogP contribution in [0.1, 0.15) is 65.7 Å². The molecule has 0 fully saturated rings. The van der Waals surface area contributed by atoms with Crippen molar-refractivity contribution < 1.29 is 4.79 Å². The third-order valence-corrected chi connectivity index (χ3v) is 3.08. The molecule has 0 unspecified atom stereocenters. The lowest BCUT2D eigenvalue weighted by molar-refractivity contribution is -0.124. The van der Waals surface area contributed by atoms with E-state index < -0.39 is 0 Å². The molecule has 0 radical (unpaired) electrons. The number of likely N-dealkylation sites (N-methyl/N-ethyl adjacent to an activating group) is 1. The Morgan fingerprint density at radius 3 is 2.13 bits per heavy atom. The lowest BCUT2D eigenvalue weighted by atomic mass is 9.94. The van der Waals surface area contributed by atoms with Gasteiger partial charge in [-0.15, -0.1) is 0 Å². The molecule has 0 aromatic rings. The fraction of sp³-hybridized carbons (Fsp3) is 0.923. The Kier molecular flexibility index (Phi) is 7.67. The summed E-state index contributed by atoms with van der Waals surface area (Å²) in [5.74, 6) is 0.334. The van der Waals surface area contributed by atoms with E-state index in [2.05, 4.69) is 12.2 Å². The van der Waals surface area contributed by atoms with Gasteiger partial charge in [0.25, 0.3) is 0 Å². The first-order chi connectivity index (χ1) is 7.04. The molecule has 0 atom stereocenters. The van der Waals surface area contributed by atoms with E-state index in [4.69, 9.17) is 0 Å². The fourth-order valence-electron chi connectivity index (χ4n) is 1.52. The van der Waals surface area contributed by atoms with Crippen LogP contribution in [-0.4, -0.2) is 18.4 Å². The molecule has 1 N–H and O–H groups in total. The largest absolute Gasteiger partial charge is 0.308 e. The third kappa shape index (κ3) is 6.67. The summed E-state index contributed by atoms with van der Waals surface area (Å²) in [6, 6.07) is 0. The van der Waals surface area contributed by atoms with E-state index >= 15 is 0 Å². The predicted octanol–water partition coefficient (Wildman–Crippen LogP) is 3.30. The van der Waals surface area contributed by atoms with Crippen LogP contribution in [0.25, 0.3) is 0 Å². The third-order valence-electron chi connectivity index (χ3n) is 3.08. The number of rotatable bonds is 9. The minimum Gasteiger partial charge on any atom is -0.308 e. The fourth-order valence-corrected chi connectivity index (χ4v) is 1.52. The maximum absolute atomic E-state index is 11.7. The molecule has 2 nitrogen and oxygen atoms in total. The molecule has 0 amide bonds. The zero-order chi connectivity index (χ0) is 11.7. The molecule has 2 heteroatoms. The Labute approximate surface area is 94.8 Å². The summed E-state index contributed by atoms with van der Waals surface area (Å²) < 4.78 is 0. The molecule has 0 saturated heterocycles. The average Bonchev–Trinajstić information content (AvgIpc) is 2.22. The molecular weight excluding hydrogens is 186 g/mol. The van der Waals surface area contributed by atoms with Gasteiger partial charge < -0.3 is 5.32 Å². The number of hydrogen-bond donors (Lipinski definition) is 1. The highest BCUT2D eigenvalue weighted by Crippen LogP contribution is 2.12. The number of nitrogens with one attached hydrogen (secondary N) is 1. The second kappa shape index (κ2) is 7.86. The van der Waals surface area contributed by atoms with E-state index in [0.717, 1.165) is 12.8 Å². The van der Waals surface area contributed by atoms with Gasteiger partial charge in [-0.2, -0.15) is 0 Å². The van der Waals surface area contributed by atoms with Crippen molar-refractivity contribution in [2.75, 3.05) is 7.05 Å². The average molecular weight is 213 g/mol. The molecule has 0 aromatic carbocycles. The zero-order valence-electron chi connectivity index (χ0n) is 10.9. The zero-order valence-corrected chi connectivity index (χ0v) is 10.9. The van der Waals surface area contributed by atoms with Crippen LogP contribution in [0.3, 0.4) is 0 Å². The van der Waals surface area contributed by atoms with Crippen LogP contribution in [0.15, 0.2) is 0 Å². The standard InChI is InChI=1S/C13H27NO/c1-5-6-7-8-9-10-11-12(15)13(2,3)14-4/h14H,5-11H2,1-4H3. The number of ketones is 1. The van der Waals surface area contributed by atoms with Crippen molar-refractivity contribution >= 4 is 5.78 Å². The topological polar surface area (TPSA) is 29.1 Å². The Morgan fingerprint density at radius 1 is 1.07 bits per heavy atom. The SMILES string of the molecule is CCCCCCCCC(=O)C(C)(C)NC. The monoisotopic (exact) mass is 213 g/mol. The first kappa shape index (κ1) is 14.6. The van der Waals surface area contributed by atoms with Gasteiger partial charge in [0.1, 0.15) is 0 Å². The van der Waals surface area contributed by atoms with Gasteiger partial charge in [0.15, 0.2) is 5.78 Å². The summed E-state index contributed by atoms with van der Waals surface area (Å²) >= 11 is 0. The van der Waals surface area contributed by atoms with Crippen molar-refractivity contribution in [2.24, 2.45) is 0 Å². The van der Waals surface area contributed by atoms with Crippen molar-refractivity contribution in [1.82, 2.24) is 5.32 Å². The van der Waals surface area contributed by atoms with Crippen LogP contribution in [0.4, 0.5) is 0 Å². The number of Topliss-reactive ketones (excluding diaryl/α,β-unsaturated/α-hetero) is 1. The molecule has 0 aliphatic carbocycles. The van der Waals surface area contributed by atoms with Crippen molar-refractivity contribution in [3.63, 3.8) is 0 Å². The number of carbonyl (C=O) groups excluding carboxylic acids is 1. The van der Waals surface area contributed by atoms with E-state index in [9.17, 15) is 4.79 Å². The number of carbonyl (C=O) groups is 1. The lowest BCUT2D eigenvalue weighted by Crippen LogP contribution is -2.44. The molecule has 0 aliphatic rings. The summed E-state index contributed by atoms with van der Waals surface area (Å²) in [6.07, 6.45) is 8.18. The number of hydrogen-bond acceptors (Lipinski definition) is 2. The molecule has 0 heterocycles. The smallest absolute Gasteiger partial charge is 0.152 e. The van der Waals surface area contributed by atoms with E-state index in [-0.39, 0.29) is 5.54 Å². The predicted molar refractivity (Wildman–Crippen MR) is 66.1 cm³/mol. The van der Waals surface area contributed by atoms with Gasteiger partial charge in [0.05, 0.1) is 5.54 Å². The van der Waals surface area contributed by atoms with Crippen molar-refractivity contribution in [3.8, 4) is 0 Å². The summed E-state index contributed by atoms with van der Waals surface area (Å²) in [4.78, 5) is 11.7. The highest BCUT2D eigenvalue weighted by Gasteiger charge is 2.23. The van der Waals surface area contributed by atoms with Crippen LogP contribution >= 0.6 is 0 Å². The van der Waals surface area contributed by atoms with Crippen molar-refractivity contribution in [2.45, 2.75) is 71.3 Å². The summed E-state index contributed by atoms with van der Waals surface area (Å²) in [5, 5.41) is 3.05. The molecule has 0 spiro atoms. The Balaban J connectivity index is 3.47. The van der Waals surface area contributed by atoms with Crippen LogP contribution in [-0.2, 0) is 4.79 Å². The van der Waals surface area contributed by atoms with Crippen molar-refractivity contribution in [1.29, 1.82) is 0 Å². The second-order valence-corrected chi connectivity index (χ2v) is 4.82. The maximum Gasteiger partial charge on any atom is 0.152 e. The summed E-state index contributed by atoms with van der Waals surface area (Å²) in [5.41, 5.74) is -0.344. The molecule has 0 bridgehead atoms. The highest BCUT2D eigenvalue weighted by molar-refractivity contribution is 5.87. The first-order valence-electron chi connectivity index (χ1n) is 6.26. The molecule has 0 saturated carbocycles. The Bertz CT molecular complexity index is 175. The summed E-state index contributed by atoms with van der Waals surface area (Å²) in [6.45, 7) is 6.12. The molecule has 0 aromatic heterocycles. The molecule has 0 rings (SSSR count). The normalized spacial score (nSPS) is 11.7. The molecule has 90 valence electrons. The van der Waals surface area contributed by atoms with Crippen molar-refractivity contribution in [3.05, 3.63) is 0 Å². The highest BCUT2D eigenvalue weighted by atomic mass is 16.1.